The third-order valence-corrected chi connectivity index (χ3v) is 2.17. The van der Waals surface area contributed by atoms with Crippen molar-refractivity contribution < 1.29 is 51.0 Å². The predicted octanol–water partition coefficient (Wildman–Crippen LogP) is -1.82. The van der Waals surface area contributed by atoms with Gasteiger partial charge in [-0.1, -0.05) is 26.2 Å². The molecule has 0 fully saturated rings. The van der Waals surface area contributed by atoms with Gasteiger partial charge in [0.2, 0.25) is 0 Å². The number of hydrogen-bond acceptors (Lipinski definition) is 0. The van der Waals surface area contributed by atoms with E-state index in [-0.39, 0.29) is 51.0 Å². The zero-order chi connectivity index (χ0) is 10.1. The summed E-state index contributed by atoms with van der Waals surface area (Å²) in [5, 5.41) is 0. The number of hydrogen-bond donors (Lipinski definition) is 0. The van der Waals surface area contributed by atoms with Gasteiger partial charge in [-0.15, -0.1) is 12.8 Å². The molecular formula is C14H18Cl2Zr. The van der Waals surface area contributed by atoms with Gasteiger partial charge in [-0.25, -0.2) is 23.8 Å². The van der Waals surface area contributed by atoms with Gasteiger partial charge in [0.25, 0.3) is 0 Å². The fourth-order valence-electron chi connectivity index (χ4n) is 1.33. The van der Waals surface area contributed by atoms with E-state index in [9.17, 15) is 0 Å². The first-order chi connectivity index (χ1) is 6.93. The number of halogens is 2. The molecule has 0 aromatic rings. The third-order valence-electron chi connectivity index (χ3n) is 2.17. The maximum atomic E-state index is 3.16. The maximum Gasteiger partial charge on any atom is 4.00 e. The second kappa shape index (κ2) is 16.4. The second-order valence-corrected chi connectivity index (χ2v) is 3.44. The van der Waals surface area contributed by atoms with Crippen LogP contribution in [0.1, 0.15) is 39.0 Å². The van der Waals surface area contributed by atoms with Crippen LogP contribution in [0.25, 0.3) is 0 Å². The van der Waals surface area contributed by atoms with Crippen molar-refractivity contribution in [1.29, 1.82) is 0 Å². The molecule has 0 aliphatic heterocycles. The summed E-state index contributed by atoms with van der Waals surface area (Å²) in [5.74, 6) is 0. The van der Waals surface area contributed by atoms with E-state index in [4.69, 9.17) is 0 Å². The summed E-state index contributed by atoms with van der Waals surface area (Å²) in [7, 11) is 0. The van der Waals surface area contributed by atoms with Crippen molar-refractivity contribution in [3.63, 3.8) is 0 Å². The summed E-state index contributed by atoms with van der Waals surface area (Å²) in [5.41, 5.74) is 1.48. The van der Waals surface area contributed by atoms with Crippen molar-refractivity contribution in [2.75, 3.05) is 0 Å². The predicted molar refractivity (Wildman–Crippen MR) is 61.6 cm³/mol. The third kappa shape index (κ3) is 12.7. The molecule has 2 rings (SSSR count). The Hall–Kier alpha value is 0.423. The van der Waals surface area contributed by atoms with E-state index in [1.54, 1.807) is 0 Å². The van der Waals surface area contributed by atoms with E-state index in [0.29, 0.717) is 0 Å². The Morgan fingerprint density at radius 3 is 2.29 bits per heavy atom. The summed E-state index contributed by atoms with van der Waals surface area (Å²) >= 11 is 0. The Bertz CT molecular complexity index is 255. The Labute approximate surface area is 137 Å². The van der Waals surface area contributed by atoms with Gasteiger partial charge < -0.3 is 24.8 Å². The largest absolute Gasteiger partial charge is 4.00 e. The number of unbranched alkanes of at least 4 members (excludes halogenated alkanes) is 1. The van der Waals surface area contributed by atoms with Crippen LogP contribution in [0.2, 0.25) is 0 Å². The van der Waals surface area contributed by atoms with Crippen molar-refractivity contribution in [3.8, 4) is 0 Å². The quantitative estimate of drug-likeness (QED) is 0.527. The molecule has 0 amide bonds. The van der Waals surface area contributed by atoms with Crippen LogP contribution < -0.4 is 24.8 Å². The van der Waals surface area contributed by atoms with Gasteiger partial charge in [0.05, 0.1) is 0 Å². The first kappa shape index (κ1) is 22.6. The molecule has 2 aliphatic carbocycles. The normalized spacial score (nSPS) is 13.8. The average Bonchev–Trinajstić information content (AvgIpc) is 2.90. The summed E-state index contributed by atoms with van der Waals surface area (Å²) in [6.07, 6.45) is 22.5. The minimum absolute atomic E-state index is 0. The molecular weight excluding hydrogens is 330 g/mol. The molecule has 0 spiro atoms. The zero-order valence-corrected chi connectivity index (χ0v) is 14.1. The Balaban J connectivity index is -0.000000216. The Morgan fingerprint density at radius 2 is 1.94 bits per heavy atom. The molecule has 0 unspecified atom stereocenters. The maximum absolute atomic E-state index is 3.16. The van der Waals surface area contributed by atoms with E-state index in [2.05, 4.69) is 37.3 Å². The molecule has 0 saturated heterocycles. The van der Waals surface area contributed by atoms with E-state index in [1.165, 1.54) is 24.8 Å². The molecule has 0 N–H and O–H groups in total. The van der Waals surface area contributed by atoms with Crippen LogP contribution in [-0.2, 0) is 26.2 Å². The zero-order valence-electron chi connectivity index (χ0n) is 10.2. The molecule has 0 radical (unpaired) electrons. The molecule has 0 nitrogen and oxygen atoms in total. The SMILES string of the molecule is CCCCC1=CC[C-]=C1.[C-]1=CC=CC1.[Cl-].[Cl-].[Zr+4]. The van der Waals surface area contributed by atoms with Gasteiger partial charge in [-0.3, -0.25) is 12.2 Å². The van der Waals surface area contributed by atoms with E-state index >= 15 is 0 Å². The number of allylic oxidation sites excluding steroid dienone is 8. The average molecular weight is 348 g/mol. The van der Waals surface area contributed by atoms with E-state index in [0.717, 1.165) is 12.8 Å². The smallest absolute Gasteiger partial charge is 1.00 e. The Morgan fingerprint density at radius 1 is 1.18 bits per heavy atom. The van der Waals surface area contributed by atoms with Gasteiger partial charge in [-0.05, 0) is 0 Å². The van der Waals surface area contributed by atoms with Crippen LogP contribution in [0.4, 0.5) is 0 Å². The molecule has 2 aliphatic rings. The van der Waals surface area contributed by atoms with Crippen molar-refractivity contribution in [3.05, 3.63) is 48.1 Å². The van der Waals surface area contributed by atoms with Gasteiger partial charge in [0, 0.05) is 0 Å². The van der Waals surface area contributed by atoms with Crippen molar-refractivity contribution >= 4 is 0 Å². The van der Waals surface area contributed by atoms with E-state index in [1.807, 2.05) is 12.2 Å². The molecule has 0 atom stereocenters. The van der Waals surface area contributed by atoms with Crippen molar-refractivity contribution in [2.45, 2.75) is 39.0 Å². The van der Waals surface area contributed by atoms with Crippen molar-refractivity contribution in [1.82, 2.24) is 0 Å². The molecule has 92 valence electrons. The Kier molecular flexibility index (Phi) is 21.8. The fraction of sp³-hybridized carbons (Fsp3) is 0.429. The molecule has 0 saturated carbocycles. The molecule has 3 heteroatoms. The molecule has 0 aromatic heterocycles. The number of rotatable bonds is 3. The minimum Gasteiger partial charge on any atom is -1.00 e. The van der Waals surface area contributed by atoms with Crippen LogP contribution in [0.5, 0.6) is 0 Å². The van der Waals surface area contributed by atoms with Gasteiger partial charge in [0.1, 0.15) is 0 Å². The second-order valence-electron chi connectivity index (χ2n) is 3.44. The topological polar surface area (TPSA) is 0 Å². The summed E-state index contributed by atoms with van der Waals surface area (Å²) in [6.45, 7) is 2.23. The van der Waals surface area contributed by atoms with Gasteiger partial charge >= 0.3 is 26.2 Å². The summed E-state index contributed by atoms with van der Waals surface area (Å²) in [6, 6.07) is 0. The van der Waals surface area contributed by atoms with Crippen LogP contribution in [-0.4, -0.2) is 0 Å². The van der Waals surface area contributed by atoms with Crippen LogP contribution in [0, 0.1) is 12.2 Å². The first-order valence-corrected chi connectivity index (χ1v) is 5.41. The molecule has 0 aromatic carbocycles. The summed E-state index contributed by atoms with van der Waals surface area (Å²) in [4.78, 5) is 0. The summed E-state index contributed by atoms with van der Waals surface area (Å²) < 4.78 is 0. The van der Waals surface area contributed by atoms with Gasteiger partial charge in [0.15, 0.2) is 0 Å². The standard InChI is InChI=1S/C9H13.C5H5.2ClH.Zr/c1-2-3-6-9-7-4-5-8-9;1-2-4-5-3-1;;;/h7-8H,2-4,6H2,1H3;1-3H,4H2;2*1H;/q2*-1;;;+4/p-2. The van der Waals surface area contributed by atoms with Crippen LogP contribution in [0.3, 0.4) is 0 Å². The van der Waals surface area contributed by atoms with Crippen LogP contribution >= 0.6 is 0 Å². The molecule has 0 bridgehead atoms. The van der Waals surface area contributed by atoms with Crippen molar-refractivity contribution in [2.24, 2.45) is 0 Å². The molecule has 0 heterocycles. The van der Waals surface area contributed by atoms with Gasteiger partial charge in [-0.2, -0.15) is 12.2 Å². The van der Waals surface area contributed by atoms with Crippen LogP contribution in [0.15, 0.2) is 36.0 Å². The first-order valence-electron chi connectivity index (χ1n) is 5.41. The minimum atomic E-state index is 0. The fourth-order valence-corrected chi connectivity index (χ4v) is 1.33. The monoisotopic (exact) mass is 346 g/mol. The van der Waals surface area contributed by atoms with E-state index < -0.39 is 0 Å². The molecule has 17 heavy (non-hydrogen) atoms.